The fourth-order valence-corrected chi connectivity index (χ4v) is 1.76. The predicted molar refractivity (Wildman–Crippen MR) is 70.3 cm³/mol. The van der Waals surface area contributed by atoms with Gasteiger partial charge in [-0.25, -0.2) is 4.39 Å². The maximum absolute atomic E-state index is 13.6. The van der Waals surface area contributed by atoms with Crippen LogP contribution in [0.15, 0.2) is 36.4 Å². The molecule has 0 aromatic heterocycles. The molecule has 0 saturated heterocycles. The standard InChI is InChI=1S/C15H16FNO/c1-10-3-5-13(16)15(7-10)18-14-6-4-12(9-17)8-11(14)2/h3-8H,9,17H2,1-2H3. The van der Waals surface area contributed by atoms with Crippen LogP contribution in [0.3, 0.4) is 0 Å². The lowest BCUT2D eigenvalue weighted by Crippen LogP contribution is -1.97. The molecule has 0 spiro atoms. The van der Waals surface area contributed by atoms with E-state index in [2.05, 4.69) is 0 Å². The molecule has 94 valence electrons. The average Bonchev–Trinajstić information content (AvgIpc) is 2.36. The molecular weight excluding hydrogens is 229 g/mol. The van der Waals surface area contributed by atoms with Crippen LogP contribution in [-0.2, 0) is 6.54 Å². The normalized spacial score (nSPS) is 10.4. The topological polar surface area (TPSA) is 35.2 Å². The van der Waals surface area contributed by atoms with Gasteiger partial charge in [0.15, 0.2) is 11.6 Å². The van der Waals surface area contributed by atoms with Crippen molar-refractivity contribution >= 4 is 0 Å². The molecule has 2 N–H and O–H groups in total. The van der Waals surface area contributed by atoms with Crippen molar-refractivity contribution in [3.63, 3.8) is 0 Å². The minimum absolute atomic E-state index is 0.249. The zero-order chi connectivity index (χ0) is 13.1. The second-order valence-electron chi connectivity index (χ2n) is 4.34. The molecule has 0 saturated carbocycles. The first-order chi connectivity index (χ1) is 8.60. The van der Waals surface area contributed by atoms with Crippen LogP contribution in [-0.4, -0.2) is 0 Å². The Kier molecular flexibility index (Phi) is 3.63. The van der Waals surface area contributed by atoms with E-state index in [0.29, 0.717) is 12.3 Å². The van der Waals surface area contributed by atoms with E-state index in [1.54, 1.807) is 12.1 Å². The molecule has 0 unspecified atom stereocenters. The molecule has 2 rings (SSSR count). The molecule has 0 amide bonds. The van der Waals surface area contributed by atoms with Crippen LogP contribution in [0.1, 0.15) is 16.7 Å². The van der Waals surface area contributed by atoms with Crippen molar-refractivity contribution in [2.45, 2.75) is 20.4 Å². The Morgan fingerprint density at radius 2 is 1.83 bits per heavy atom. The highest BCUT2D eigenvalue weighted by molar-refractivity contribution is 5.40. The summed E-state index contributed by atoms with van der Waals surface area (Å²) in [7, 11) is 0. The summed E-state index contributed by atoms with van der Waals surface area (Å²) >= 11 is 0. The average molecular weight is 245 g/mol. The van der Waals surface area contributed by atoms with Crippen molar-refractivity contribution in [3.8, 4) is 11.5 Å². The van der Waals surface area contributed by atoms with E-state index in [9.17, 15) is 4.39 Å². The van der Waals surface area contributed by atoms with Crippen LogP contribution >= 0.6 is 0 Å². The SMILES string of the molecule is Cc1ccc(F)c(Oc2ccc(CN)cc2C)c1. The minimum atomic E-state index is -0.358. The maximum atomic E-state index is 13.6. The van der Waals surface area contributed by atoms with Crippen LogP contribution in [0, 0.1) is 19.7 Å². The van der Waals surface area contributed by atoms with Gasteiger partial charge in [0, 0.05) is 6.54 Å². The Hall–Kier alpha value is -1.87. The predicted octanol–water partition coefficient (Wildman–Crippen LogP) is 3.69. The smallest absolute Gasteiger partial charge is 0.165 e. The molecule has 0 aliphatic carbocycles. The van der Waals surface area contributed by atoms with Gasteiger partial charge in [0.05, 0.1) is 0 Å². The summed E-state index contributed by atoms with van der Waals surface area (Å²) in [6.07, 6.45) is 0. The summed E-state index contributed by atoms with van der Waals surface area (Å²) in [4.78, 5) is 0. The fourth-order valence-electron chi connectivity index (χ4n) is 1.76. The van der Waals surface area contributed by atoms with Crippen LogP contribution in [0.4, 0.5) is 4.39 Å². The van der Waals surface area contributed by atoms with Crippen LogP contribution in [0.5, 0.6) is 11.5 Å². The highest BCUT2D eigenvalue weighted by Gasteiger charge is 2.07. The van der Waals surface area contributed by atoms with Crippen LogP contribution in [0.25, 0.3) is 0 Å². The third-order valence-corrected chi connectivity index (χ3v) is 2.78. The molecule has 0 aliphatic heterocycles. The van der Waals surface area contributed by atoms with Crippen LogP contribution in [0.2, 0.25) is 0 Å². The molecule has 0 fully saturated rings. The Labute approximate surface area is 106 Å². The molecule has 0 heterocycles. The van der Waals surface area contributed by atoms with Crippen molar-refractivity contribution in [1.82, 2.24) is 0 Å². The lowest BCUT2D eigenvalue weighted by molar-refractivity contribution is 0.439. The van der Waals surface area contributed by atoms with Gasteiger partial charge in [-0.05, 0) is 48.7 Å². The first-order valence-corrected chi connectivity index (χ1v) is 5.84. The molecular formula is C15H16FNO. The van der Waals surface area contributed by atoms with E-state index in [-0.39, 0.29) is 11.6 Å². The van der Waals surface area contributed by atoms with E-state index < -0.39 is 0 Å². The number of aryl methyl sites for hydroxylation is 2. The van der Waals surface area contributed by atoms with Gasteiger partial charge in [0.1, 0.15) is 5.75 Å². The lowest BCUT2D eigenvalue weighted by Gasteiger charge is -2.11. The Balaban J connectivity index is 2.31. The summed E-state index contributed by atoms with van der Waals surface area (Å²) in [6, 6.07) is 10.5. The second kappa shape index (κ2) is 5.19. The van der Waals surface area contributed by atoms with E-state index in [4.69, 9.17) is 10.5 Å². The van der Waals surface area contributed by atoms with Crippen molar-refractivity contribution < 1.29 is 9.13 Å². The minimum Gasteiger partial charge on any atom is -0.454 e. The number of nitrogens with two attached hydrogens (primary N) is 1. The zero-order valence-electron chi connectivity index (χ0n) is 10.5. The number of hydrogen-bond acceptors (Lipinski definition) is 2. The molecule has 0 aliphatic rings. The van der Waals surface area contributed by atoms with Gasteiger partial charge < -0.3 is 10.5 Å². The zero-order valence-corrected chi connectivity index (χ0v) is 10.5. The number of ether oxygens (including phenoxy) is 1. The maximum Gasteiger partial charge on any atom is 0.165 e. The highest BCUT2D eigenvalue weighted by atomic mass is 19.1. The molecule has 3 heteroatoms. The van der Waals surface area contributed by atoms with E-state index >= 15 is 0 Å². The largest absolute Gasteiger partial charge is 0.454 e. The van der Waals surface area contributed by atoms with Gasteiger partial charge >= 0.3 is 0 Å². The summed E-state index contributed by atoms with van der Waals surface area (Å²) in [5.74, 6) is 0.540. The summed E-state index contributed by atoms with van der Waals surface area (Å²) < 4.78 is 19.2. The number of halogens is 1. The van der Waals surface area contributed by atoms with Crippen molar-refractivity contribution in [2.75, 3.05) is 0 Å². The first kappa shape index (κ1) is 12.6. The van der Waals surface area contributed by atoms with Crippen molar-refractivity contribution in [1.29, 1.82) is 0 Å². The van der Waals surface area contributed by atoms with Gasteiger partial charge in [-0.15, -0.1) is 0 Å². The Bertz CT molecular complexity index is 566. The number of rotatable bonds is 3. The fraction of sp³-hybridized carbons (Fsp3) is 0.200. The third-order valence-electron chi connectivity index (χ3n) is 2.78. The molecule has 2 aromatic rings. The van der Waals surface area contributed by atoms with E-state index in [0.717, 1.165) is 16.7 Å². The summed E-state index contributed by atoms with van der Waals surface area (Å²) in [5, 5.41) is 0. The monoisotopic (exact) mass is 245 g/mol. The Morgan fingerprint density at radius 3 is 2.50 bits per heavy atom. The molecule has 18 heavy (non-hydrogen) atoms. The van der Waals surface area contributed by atoms with Gasteiger partial charge in [0.25, 0.3) is 0 Å². The Morgan fingerprint density at radius 1 is 1.06 bits per heavy atom. The van der Waals surface area contributed by atoms with Crippen molar-refractivity contribution in [3.05, 3.63) is 58.9 Å². The molecule has 0 radical (unpaired) electrons. The van der Waals surface area contributed by atoms with Gasteiger partial charge in [-0.2, -0.15) is 0 Å². The summed E-state index contributed by atoms with van der Waals surface area (Å²) in [6.45, 7) is 4.30. The van der Waals surface area contributed by atoms with Crippen molar-refractivity contribution in [2.24, 2.45) is 5.73 Å². The molecule has 0 atom stereocenters. The highest BCUT2D eigenvalue weighted by Crippen LogP contribution is 2.28. The molecule has 0 bridgehead atoms. The first-order valence-electron chi connectivity index (χ1n) is 5.84. The third kappa shape index (κ3) is 2.68. The van der Waals surface area contributed by atoms with Gasteiger partial charge in [-0.3, -0.25) is 0 Å². The number of hydrogen-bond donors (Lipinski definition) is 1. The number of benzene rings is 2. The van der Waals surface area contributed by atoms with Gasteiger partial charge in [-0.1, -0.05) is 18.2 Å². The quantitative estimate of drug-likeness (QED) is 0.895. The summed E-state index contributed by atoms with van der Waals surface area (Å²) in [5.41, 5.74) is 8.50. The van der Waals surface area contributed by atoms with Crippen LogP contribution < -0.4 is 10.5 Å². The van der Waals surface area contributed by atoms with E-state index in [1.165, 1.54) is 6.07 Å². The second-order valence-corrected chi connectivity index (χ2v) is 4.34. The molecule has 2 nitrogen and oxygen atoms in total. The van der Waals surface area contributed by atoms with E-state index in [1.807, 2.05) is 32.0 Å². The molecule has 2 aromatic carbocycles. The van der Waals surface area contributed by atoms with Gasteiger partial charge in [0.2, 0.25) is 0 Å². The lowest BCUT2D eigenvalue weighted by atomic mass is 10.1.